The van der Waals surface area contributed by atoms with Crippen LogP contribution >= 0.6 is 11.3 Å². The lowest BCUT2D eigenvalue weighted by Crippen LogP contribution is -2.24. The van der Waals surface area contributed by atoms with Crippen molar-refractivity contribution in [3.8, 4) is 0 Å². The van der Waals surface area contributed by atoms with Crippen LogP contribution in [-0.4, -0.2) is 11.8 Å². The lowest BCUT2D eigenvalue weighted by molar-refractivity contribution is -0.117. The van der Waals surface area contributed by atoms with Crippen LogP contribution in [0.5, 0.6) is 0 Å². The minimum atomic E-state index is -0.172. The number of amides is 2. The van der Waals surface area contributed by atoms with Crippen LogP contribution in [0.4, 0.5) is 11.4 Å². The smallest absolute Gasteiger partial charge is 0.265 e. The fourth-order valence-corrected chi connectivity index (χ4v) is 2.70. The molecule has 0 fully saturated rings. The van der Waals surface area contributed by atoms with Gasteiger partial charge in [0.1, 0.15) is 0 Å². The van der Waals surface area contributed by atoms with Gasteiger partial charge in [-0.15, -0.1) is 11.3 Å². The summed E-state index contributed by atoms with van der Waals surface area (Å²) in [7, 11) is 0. The molecule has 0 aliphatic carbocycles. The molecule has 1 atom stereocenters. The molecule has 2 amide bonds. The molecule has 0 bridgehead atoms. The Bertz CT molecular complexity index is 702. The Labute approximate surface area is 147 Å². The van der Waals surface area contributed by atoms with Crippen LogP contribution in [0.15, 0.2) is 41.8 Å². The van der Waals surface area contributed by atoms with Gasteiger partial charge in [-0.2, -0.15) is 0 Å². The topological polar surface area (TPSA) is 58.2 Å². The zero-order valence-corrected chi connectivity index (χ0v) is 15.4. The molecule has 1 heterocycles. The SMILES string of the molecule is CC(CC(=O)Nc1ccccc1NC(=O)c1cccs1)C(C)(C)C. The fourth-order valence-electron chi connectivity index (χ4n) is 2.08. The van der Waals surface area contributed by atoms with Gasteiger partial charge in [0.25, 0.3) is 5.91 Å². The molecule has 2 aromatic rings. The van der Waals surface area contributed by atoms with Gasteiger partial charge in [0.2, 0.25) is 5.91 Å². The predicted octanol–water partition coefficient (Wildman–Crippen LogP) is 5.01. The highest BCUT2D eigenvalue weighted by molar-refractivity contribution is 7.12. The number of carbonyl (C=O) groups is 2. The summed E-state index contributed by atoms with van der Waals surface area (Å²) in [5.41, 5.74) is 1.30. The molecule has 0 radical (unpaired) electrons. The van der Waals surface area contributed by atoms with Crippen molar-refractivity contribution in [2.75, 3.05) is 10.6 Å². The first-order chi connectivity index (χ1) is 11.3. The molecule has 0 spiro atoms. The summed E-state index contributed by atoms with van der Waals surface area (Å²) in [6.07, 6.45) is 0.441. The number of hydrogen-bond donors (Lipinski definition) is 2. The molecular formula is C19H24N2O2S. The molecule has 1 aromatic carbocycles. The Morgan fingerprint density at radius 1 is 1.04 bits per heavy atom. The first-order valence-corrected chi connectivity index (χ1v) is 8.89. The number of rotatable bonds is 5. The van der Waals surface area contributed by atoms with E-state index in [1.54, 1.807) is 18.2 Å². The van der Waals surface area contributed by atoms with E-state index in [2.05, 4.69) is 38.3 Å². The number of anilines is 2. The van der Waals surface area contributed by atoms with Gasteiger partial charge in [0.15, 0.2) is 0 Å². The molecule has 24 heavy (non-hydrogen) atoms. The van der Waals surface area contributed by atoms with Crippen molar-refractivity contribution in [3.05, 3.63) is 46.7 Å². The monoisotopic (exact) mass is 344 g/mol. The third kappa shape index (κ3) is 4.93. The first-order valence-electron chi connectivity index (χ1n) is 8.01. The van der Waals surface area contributed by atoms with Gasteiger partial charge in [0, 0.05) is 6.42 Å². The molecule has 1 unspecified atom stereocenters. The van der Waals surface area contributed by atoms with Gasteiger partial charge in [-0.1, -0.05) is 45.9 Å². The number of carbonyl (C=O) groups excluding carboxylic acids is 2. The minimum Gasteiger partial charge on any atom is -0.324 e. The quantitative estimate of drug-likeness (QED) is 0.801. The van der Waals surface area contributed by atoms with E-state index in [9.17, 15) is 9.59 Å². The summed E-state index contributed by atoms with van der Waals surface area (Å²) in [6, 6.07) is 10.9. The van der Waals surface area contributed by atoms with Gasteiger partial charge in [0.05, 0.1) is 16.3 Å². The van der Waals surface area contributed by atoms with E-state index in [0.29, 0.717) is 22.7 Å². The first kappa shape index (κ1) is 18.2. The maximum atomic E-state index is 12.3. The molecule has 4 nitrogen and oxygen atoms in total. The molecule has 1 aromatic heterocycles. The van der Waals surface area contributed by atoms with E-state index in [-0.39, 0.29) is 23.1 Å². The minimum absolute atomic E-state index is 0.0461. The average molecular weight is 344 g/mol. The second-order valence-corrected chi connectivity index (χ2v) is 7.94. The molecule has 0 aliphatic heterocycles. The Morgan fingerprint density at radius 3 is 2.21 bits per heavy atom. The highest BCUT2D eigenvalue weighted by Crippen LogP contribution is 2.29. The second kappa shape index (κ2) is 7.62. The maximum Gasteiger partial charge on any atom is 0.265 e. The second-order valence-electron chi connectivity index (χ2n) is 7.00. The van der Waals surface area contributed by atoms with Gasteiger partial charge in [-0.25, -0.2) is 0 Å². The molecule has 2 N–H and O–H groups in total. The summed E-state index contributed by atoms with van der Waals surface area (Å²) in [5.74, 6) is 0.0374. The maximum absolute atomic E-state index is 12.3. The summed E-state index contributed by atoms with van der Waals surface area (Å²) in [5, 5.41) is 7.63. The number of hydrogen-bond acceptors (Lipinski definition) is 3. The van der Waals surface area contributed by atoms with E-state index < -0.39 is 0 Å². The number of thiophene rings is 1. The molecule has 5 heteroatoms. The number of benzene rings is 1. The van der Waals surface area contributed by atoms with E-state index in [1.165, 1.54) is 11.3 Å². The summed E-state index contributed by atoms with van der Waals surface area (Å²) in [6.45, 7) is 8.45. The van der Waals surface area contributed by atoms with Gasteiger partial charge in [-0.05, 0) is 34.9 Å². The Hall–Kier alpha value is -2.14. The molecule has 128 valence electrons. The average Bonchev–Trinajstić information content (AvgIpc) is 3.02. The van der Waals surface area contributed by atoms with Gasteiger partial charge in [-0.3, -0.25) is 9.59 Å². The standard InChI is InChI=1S/C19H24N2O2S/c1-13(19(2,3)4)12-17(22)20-14-8-5-6-9-15(14)21-18(23)16-10-7-11-24-16/h5-11,13H,12H2,1-4H3,(H,20,22)(H,21,23). The Kier molecular flexibility index (Phi) is 5.78. The lowest BCUT2D eigenvalue weighted by Gasteiger charge is -2.26. The van der Waals surface area contributed by atoms with Crippen molar-refractivity contribution < 1.29 is 9.59 Å². The Morgan fingerprint density at radius 2 is 1.67 bits per heavy atom. The van der Waals surface area contributed by atoms with E-state index in [1.807, 2.05) is 23.6 Å². The fraction of sp³-hybridized carbons (Fsp3) is 0.368. The van der Waals surface area contributed by atoms with Crippen molar-refractivity contribution in [1.82, 2.24) is 0 Å². The molecule has 2 rings (SSSR count). The third-order valence-corrected chi connectivity index (χ3v) is 5.03. The van der Waals surface area contributed by atoms with Crippen LogP contribution in [0, 0.1) is 11.3 Å². The summed E-state index contributed by atoms with van der Waals surface area (Å²) >= 11 is 1.38. The van der Waals surface area contributed by atoms with Crippen LogP contribution in [0.25, 0.3) is 0 Å². The summed E-state index contributed by atoms with van der Waals surface area (Å²) in [4.78, 5) is 25.2. The van der Waals surface area contributed by atoms with E-state index in [4.69, 9.17) is 0 Å². The highest BCUT2D eigenvalue weighted by Gasteiger charge is 2.23. The molecule has 0 aliphatic rings. The van der Waals surface area contributed by atoms with Crippen LogP contribution in [0.2, 0.25) is 0 Å². The van der Waals surface area contributed by atoms with E-state index in [0.717, 1.165) is 0 Å². The van der Waals surface area contributed by atoms with Crippen LogP contribution < -0.4 is 10.6 Å². The number of para-hydroxylation sites is 2. The highest BCUT2D eigenvalue weighted by atomic mass is 32.1. The molecular weight excluding hydrogens is 320 g/mol. The largest absolute Gasteiger partial charge is 0.324 e. The van der Waals surface area contributed by atoms with Crippen LogP contribution in [0.1, 0.15) is 43.8 Å². The van der Waals surface area contributed by atoms with Crippen molar-refractivity contribution >= 4 is 34.5 Å². The zero-order valence-electron chi connectivity index (χ0n) is 14.6. The third-order valence-electron chi connectivity index (χ3n) is 4.16. The van der Waals surface area contributed by atoms with Crippen molar-refractivity contribution in [3.63, 3.8) is 0 Å². The molecule has 0 saturated carbocycles. The van der Waals surface area contributed by atoms with E-state index >= 15 is 0 Å². The normalized spacial score (nSPS) is 12.5. The molecule has 0 saturated heterocycles. The zero-order chi connectivity index (χ0) is 17.7. The Balaban J connectivity index is 2.06. The van der Waals surface area contributed by atoms with Crippen molar-refractivity contribution in [2.24, 2.45) is 11.3 Å². The van der Waals surface area contributed by atoms with Crippen LogP contribution in [0.3, 0.4) is 0 Å². The van der Waals surface area contributed by atoms with Crippen LogP contribution in [-0.2, 0) is 4.79 Å². The van der Waals surface area contributed by atoms with Gasteiger partial charge < -0.3 is 10.6 Å². The summed E-state index contributed by atoms with van der Waals surface area (Å²) < 4.78 is 0. The number of nitrogens with one attached hydrogen (secondary N) is 2. The van der Waals surface area contributed by atoms with Gasteiger partial charge >= 0.3 is 0 Å². The van der Waals surface area contributed by atoms with Crippen molar-refractivity contribution in [2.45, 2.75) is 34.1 Å². The van der Waals surface area contributed by atoms with Crippen molar-refractivity contribution in [1.29, 1.82) is 0 Å². The predicted molar refractivity (Wildman–Crippen MR) is 101 cm³/mol. The lowest BCUT2D eigenvalue weighted by atomic mass is 9.80.